The third-order valence-electron chi connectivity index (χ3n) is 2.94. The molecule has 0 aliphatic rings. The van der Waals surface area contributed by atoms with E-state index >= 15 is 0 Å². The minimum absolute atomic E-state index is 0.246. The third kappa shape index (κ3) is 3.47. The zero-order valence-electron chi connectivity index (χ0n) is 10.3. The van der Waals surface area contributed by atoms with Crippen LogP contribution in [0, 0.1) is 12.7 Å². The van der Waals surface area contributed by atoms with Crippen molar-refractivity contribution < 1.29 is 9.50 Å². The molecular formula is C15H13Cl2FO. The van der Waals surface area contributed by atoms with Gasteiger partial charge in [0.2, 0.25) is 0 Å². The van der Waals surface area contributed by atoms with Crippen LogP contribution in [0.25, 0.3) is 0 Å². The highest BCUT2D eigenvalue weighted by molar-refractivity contribution is 6.35. The first kappa shape index (κ1) is 14.3. The summed E-state index contributed by atoms with van der Waals surface area (Å²) in [5, 5.41) is 11.1. The number of benzene rings is 2. The van der Waals surface area contributed by atoms with Crippen molar-refractivity contribution in [1.29, 1.82) is 0 Å². The molecule has 1 unspecified atom stereocenters. The van der Waals surface area contributed by atoms with Crippen LogP contribution in [0.15, 0.2) is 36.4 Å². The molecular weight excluding hydrogens is 286 g/mol. The number of aryl methyl sites for hydroxylation is 1. The Kier molecular flexibility index (Phi) is 4.46. The van der Waals surface area contributed by atoms with Crippen molar-refractivity contribution in [3.8, 4) is 0 Å². The zero-order valence-corrected chi connectivity index (χ0v) is 11.8. The third-order valence-corrected chi connectivity index (χ3v) is 3.53. The molecule has 0 aliphatic carbocycles. The van der Waals surface area contributed by atoms with Gasteiger partial charge >= 0.3 is 0 Å². The summed E-state index contributed by atoms with van der Waals surface area (Å²) >= 11 is 11.9. The molecule has 0 radical (unpaired) electrons. The smallest absolute Gasteiger partial charge is 0.129 e. The molecule has 0 saturated carbocycles. The second-order valence-corrected chi connectivity index (χ2v) is 5.32. The van der Waals surface area contributed by atoms with Gasteiger partial charge in [0.25, 0.3) is 0 Å². The number of halogens is 3. The molecule has 0 fully saturated rings. The lowest BCUT2D eigenvalue weighted by Crippen LogP contribution is -2.05. The molecule has 0 aliphatic heterocycles. The van der Waals surface area contributed by atoms with Crippen molar-refractivity contribution in [2.45, 2.75) is 19.4 Å². The zero-order chi connectivity index (χ0) is 14.0. The number of hydrogen-bond acceptors (Lipinski definition) is 1. The van der Waals surface area contributed by atoms with Gasteiger partial charge in [-0.1, -0.05) is 47.0 Å². The number of hydrogen-bond donors (Lipinski definition) is 1. The molecule has 1 atom stereocenters. The van der Waals surface area contributed by atoms with Crippen molar-refractivity contribution in [2.24, 2.45) is 0 Å². The van der Waals surface area contributed by atoms with Crippen molar-refractivity contribution >= 4 is 23.2 Å². The first-order chi connectivity index (χ1) is 8.97. The SMILES string of the molecule is Cc1ccc(F)c(C(O)Cc2ccc(Cl)cc2Cl)c1. The molecule has 0 aromatic heterocycles. The first-order valence-electron chi connectivity index (χ1n) is 5.85. The first-order valence-corrected chi connectivity index (χ1v) is 6.61. The van der Waals surface area contributed by atoms with Crippen LogP contribution in [-0.4, -0.2) is 5.11 Å². The van der Waals surface area contributed by atoms with Gasteiger partial charge in [-0.2, -0.15) is 0 Å². The van der Waals surface area contributed by atoms with Crippen LogP contribution in [0.5, 0.6) is 0 Å². The van der Waals surface area contributed by atoms with E-state index in [4.69, 9.17) is 23.2 Å². The Bertz CT molecular complexity index is 599. The van der Waals surface area contributed by atoms with Gasteiger partial charge in [0, 0.05) is 22.0 Å². The number of rotatable bonds is 3. The Labute approximate surface area is 121 Å². The fourth-order valence-electron chi connectivity index (χ4n) is 1.92. The molecule has 1 N–H and O–H groups in total. The topological polar surface area (TPSA) is 20.2 Å². The van der Waals surface area contributed by atoms with E-state index < -0.39 is 11.9 Å². The standard InChI is InChI=1S/C15H13Cl2FO/c1-9-2-5-14(18)12(6-9)15(19)7-10-3-4-11(16)8-13(10)17/h2-6,8,15,19H,7H2,1H3. The average molecular weight is 299 g/mol. The van der Waals surface area contributed by atoms with E-state index in [0.717, 1.165) is 11.1 Å². The summed E-state index contributed by atoms with van der Waals surface area (Å²) in [5.74, 6) is -0.414. The Balaban J connectivity index is 2.25. The number of aliphatic hydroxyl groups excluding tert-OH is 1. The highest BCUT2D eigenvalue weighted by Gasteiger charge is 2.15. The van der Waals surface area contributed by atoms with Crippen LogP contribution >= 0.6 is 23.2 Å². The highest BCUT2D eigenvalue weighted by Crippen LogP contribution is 2.27. The second-order valence-electron chi connectivity index (χ2n) is 4.48. The summed E-state index contributed by atoms with van der Waals surface area (Å²) in [6, 6.07) is 9.71. The maximum absolute atomic E-state index is 13.7. The molecule has 100 valence electrons. The minimum Gasteiger partial charge on any atom is -0.388 e. The molecule has 0 saturated heterocycles. The summed E-state index contributed by atoms with van der Waals surface area (Å²) in [5.41, 5.74) is 1.92. The summed E-state index contributed by atoms with van der Waals surface area (Å²) in [6.07, 6.45) is -0.685. The molecule has 2 aromatic carbocycles. The lowest BCUT2D eigenvalue weighted by Gasteiger charge is -2.14. The highest BCUT2D eigenvalue weighted by atomic mass is 35.5. The Morgan fingerprint density at radius 3 is 2.58 bits per heavy atom. The number of aliphatic hydroxyl groups is 1. The lowest BCUT2D eigenvalue weighted by molar-refractivity contribution is 0.173. The van der Waals surface area contributed by atoms with Gasteiger partial charge in [0.15, 0.2) is 0 Å². The van der Waals surface area contributed by atoms with Crippen LogP contribution < -0.4 is 0 Å². The van der Waals surface area contributed by atoms with Crippen LogP contribution in [0.4, 0.5) is 4.39 Å². The molecule has 19 heavy (non-hydrogen) atoms. The van der Waals surface area contributed by atoms with Gasteiger partial charge in [-0.25, -0.2) is 4.39 Å². The predicted octanol–water partition coefficient (Wildman–Crippen LogP) is 4.72. The molecule has 0 spiro atoms. The van der Waals surface area contributed by atoms with E-state index in [0.29, 0.717) is 10.0 Å². The predicted molar refractivity (Wildman–Crippen MR) is 76.3 cm³/mol. The second kappa shape index (κ2) is 5.91. The fourth-order valence-corrected chi connectivity index (χ4v) is 2.41. The van der Waals surface area contributed by atoms with Crippen LogP contribution in [0.2, 0.25) is 10.0 Å². The van der Waals surface area contributed by atoms with Crippen molar-refractivity contribution in [3.63, 3.8) is 0 Å². The Hall–Kier alpha value is -1.09. The molecule has 2 rings (SSSR count). The van der Waals surface area contributed by atoms with Gasteiger partial charge in [0.1, 0.15) is 5.82 Å². The average Bonchev–Trinajstić information content (AvgIpc) is 2.35. The van der Waals surface area contributed by atoms with Crippen molar-refractivity contribution in [2.75, 3.05) is 0 Å². The van der Waals surface area contributed by atoms with Crippen LogP contribution in [0.1, 0.15) is 22.8 Å². The van der Waals surface area contributed by atoms with E-state index in [2.05, 4.69) is 0 Å². The quantitative estimate of drug-likeness (QED) is 0.869. The normalized spacial score (nSPS) is 12.5. The van der Waals surface area contributed by atoms with E-state index in [1.807, 2.05) is 6.92 Å². The Morgan fingerprint density at radius 1 is 1.16 bits per heavy atom. The van der Waals surface area contributed by atoms with E-state index in [9.17, 15) is 9.50 Å². The van der Waals surface area contributed by atoms with Gasteiger partial charge < -0.3 is 5.11 Å². The summed E-state index contributed by atoms with van der Waals surface area (Å²) in [7, 11) is 0. The minimum atomic E-state index is -0.932. The molecule has 0 heterocycles. The molecule has 1 nitrogen and oxygen atoms in total. The van der Waals surface area contributed by atoms with E-state index in [1.54, 1.807) is 30.3 Å². The van der Waals surface area contributed by atoms with Crippen LogP contribution in [0.3, 0.4) is 0 Å². The summed E-state index contributed by atoms with van der Waals surface area (Å²) in [4.78, 5) is 0. The Morgan fingerprint density at radius 2 is 1.89 bits per heavy atom. The fraction of sp³-hybridized carbons (Fsp3) is 0.200. The van der Waals surface area contributed by atoms with E-state index in [-0.39, 0.29) is 12.0 Å². The largest absolute Gasteiger partial charge is 0.388 e. The molecule has 0 amide bonds. The van der Waals surface area contributed by atoms with Crippen LogP contribution in [-0.2, 0) is 6.42 Å². The maximum Gasteiger partial charge on any atom is 0.129 e. The van der Waals surface area contributed by atoms with Gasteiger partial charge in [0.05, 0.1) is 6.10 Å². The maximum atomic E-state index is 13.7. The summed E-state index contributed by atoms with van der Waals surface area (Å²) in [6.45, 7) is 1.85. The van der Waals surface area contributed by atoms with Gasteiger partial charge in [-0.15, -0.1) is 0 Å². The molecule has 2 aromatic rings. The monoisotopic (exact) mass is 298 g/mol. The van der Waals surface area contributed by atoms with Gasteiger partial charge in [-0.05, 0) is 30.7 Å². The van der Waals surface area contributed by atoms with Crippen molar-refractivity contribution in [3.05, 3.63) is 69.0 Å². The lowest BCUT2D eigenvalue weighted by atomic mass is 9.99. The van der Waals surface area contributed by atoms with Crippen molar-refractivity contribution in [1.82, 2.24) is 0 Å². The molecule has 4 heteroatoms. The van der Waals surface area contributed by atoms with E-state index in [1.165, 1.54) is 6.07 Å². The van der Waals surface area contributed by atoms with Gasteiger partial charge in [-0.3, -0.25) is 0 Å². The summed E-state index contributed by atoms with van der Waals surface area (Å²) < 4.78 is 13.7. The molecule has 0 bridgehead atoms.